The summed E-state index contributed by atoms with van der Waals surface area (Å²) in [7, 11) is 9.70. The first-order valence-corrected chi connectivity index (χ1v) is 31.9. The molecule has 0 radical (unpaired) electrons. The van der Waals surface area contributed by atoms with E-state index in [2.05, 4.69) is 153 Å². The SMILES string of the molecule is Cc1ccc(-c2cc(C(C)C)c(C)c[n+]2C)c(C)c1.Cc1ccc(-c2cc(C)c(C(C)C)c[n+]2C)c(C)c1.[2H]C([2H])([2H])c1c[n+](C)c(-c2ccc(C([2H])(C)C([2H])([2H])[2H])cc2C)cc1C.[2H]C([2H])([2H])c1ccc(-c2cc(C)c(C([2H])([2H])[2H])c[n+]2C)c(C)c1.[2H]C([2H])([2H])c1ccc(-c2ccc(C([2H])(C)C)cc2C)[n+](C)c1. The monoisotopic (exact) mass is 1250 g/mol. The topological polar surface area (TPSA) is 19.4 Å². The Hall–Kier alpha value is -8.15. The van der Waals surface area contributed by atoms with Crippen LogP contribution >= 0.6 is 0 Å². The maximum Gasteiger partial charge on any atom is 0.212 e. The second-order valence-electron chi connectivity index (χ2n) is 26.1. The molecule has 0 saturated carbocycles. The van der Waals surface area contributed by atoms with Gasteiger partial charge in [-0.05, 0) is 225 Å². The van der Waals surface area contributed by atoms with Crippen LogP contribution in [0.2, 0.25) is 0 Å². The lowest BCUT2D eigenvalue weighted by Gasteiger charge is -2.12. The van der Waals surface area contributed by atoms with Crippen LogP contribution < -0.4 is 22.8 Å². The van der Waals surface area contributed by atoms with Crippen molar-refractivity contribution in [3.05, 3.63) is 264 Å². The van der Waals surface area contributed by atoms with Gasteiger partial charge in [0.25, 0.3) is 0 Å². The lowest BCUT2D eigenvalue weighted by atomic mass is 9.95. The molecule has 0 aliphatic rings. The maximum atomic E-state index is 8.23. The molecule has 5 nitrogen and oxygen atoms in total. The average molecular weight is 1250 g/mol. The molecule has 0 amide bonds. The molecule has 5 aromatic heterocycles. The van der Waals surface area contributed by atoms with E-state index in [-0.39, 0.29) is 0 Å². The van der Waals surface area contributed by atoms with Gasteiger partial charge in [-0.3, -0.25) is 0 Å². The Morgan fingerprint density at radius 3 is 1.01 bits per heavy atom. The summed E-state index contributed by atoms with van der Waals surface area (Å²) in [4.78, 5) is 0. The Morgan fingerprint density at radius 2 is 0.620 bits per heavy atom. The van der Waals surface area contributed by atoms with Crippen molar-refractivity contribution < 1.29 is 46.1 Å². The Balaban J connectivity index is 0.000000214. The zero-order chi connectivity index (χ0) is 82.7. The van der Waals surface area contributed by atoms with Crippen LogP contribution in [0.15, 0.2) is 158 Å². The van der Waals surface area contributed by atoms with E-state index in [0.29, 0.717) is 50.8 Å². The molecule has 92 heavy (non-hydrogen) atoms. The fraction of sp³-hybridized carbons (Fsp3) is 0.368. The number of hydrogen-bond acceptors (Lipinski definition) is 0. The van der Waals surface area contributed by atoms with Gasteiger partial charge in [0.05, 0.1) is 0 Å². The van der Waals surface area contributed by atoms with E-state index in [1.54, 1.807) is 98.1 Å². The summed E-state index contributed by atoms with van der Waals surface area (Å²) in [6.45, 7) is 25.5. The van der Waals surface area contributed by atoms with E-state index in [1.165, 1.54) is 73.9 Å². The second-order valence-corrected chi connectivity index (χ2v) is 26.1. The van der Waals surface area contributed by atoms with Crippen LogP contribution in [0.25, 0.3) is 56.3 Å². The highest BCUT2D eigenvalue weighted by molar-refractivity contribution is 5.66. The smallest absolute Gasteiger partial charge is 0.201 e. The summed E-state index contributed by atoms with van der Waals surface area (Å²) in [5, 5.41) is 0. The fourth-order valence-electron chi connectivity index (χ4n) is 11.9. The highest BCUT2D eigenvalue weighted by atomic mass is 14.9. The van der Waals surface area contributed by atoms with Crippen molar-refractivity contribution in [1.82, 2.24) is 0 Å². The summed E-state index contributed by atoms with van der Waals surface area (Å²) in [5.41, 5.74) is 28.4. The molecule has 0 saturated heterocycles. The Bertz CT molecular complexity index is 4870. The van der Waals surface area contributed by atoms with E-state index in [9.17, 15) is 0 Å². The van der Waals surface area contributed by atoms with Gasteiger partial charge in [-0.25, -0.2) is 22.8 Å². The second kappa shape index (κ2) is 31.9. The minimum Gasteiger partial charge on any atom is -0.201 e. The number of nitrogens with zero attached hydrogens (tertiary/aromatic N) is 5. The number of aromatic nitrogens is 5. The van der Waals surface area contributed by atoms with Crippen molar-refractivity contribution in [3.63, 3.8) is 0 Å². The van der Waals surface area contributed by atoms with Gasteiger partial charge in [0.2, 0.25) is 28.5 Å². The molecule has 5 aromatic carbocycles. The van der Waals surface area contributed by atoms with Gasteiger partial charge in [-0.1, -0.05) is 133 Å². The number of aryl methyl sites for hydroxylation is 20. The van der Waals surface area contributed by atoms with Crippen LogP contribution in [-0.2, 0) is 35.2 Å². The zero-order valence-corrected chi connectivity index (χ0v) is 59.4. The average Bonchev–Trinajstić information content (AvgIpc) is 0.657. The van der Waals surface area contributed by atoms with Crippen LogP contribution in [-0.4, -0.2) is 0 Å². The minimum atomic E-state index is -2.43. The van der Waals surface area contributed by atoms with Crippen molar-refractivity contribution >= 4 is 0 Å². The standard InChI is InChI=1S/3C18H24N.C17H22N.C16H20N/c1-12(2)16-7-8-17(14(4)9-16)18-10-13(3)15(5)11-19(18)6;1-12(2)17-10-18(19(6)11-15(17)5)16-8-7-13(3)9-14(16)4;1-12(2)17-11-19(6)18(10-15(17)5)16-8-7-13(3)9-14(16)4;1-12(2)15-7-8-16(14(4)10-15)17-9-6-13(3)11-18(17)5;1-11-6-7-15(13(3)8-11)16-9-12(2)14(4)10-17(16)5/h3*7-12H,1-6H3;6-12H,1-5H3;6-10H,1-5H3/q5*+1/i1D3,5D3,12D;;;3D3,12D;1D3,4D3. The van der Waals surface area contributed by atoms with Crippen LogP contribution in [0.5, 0.6) is 0 Å². The van der Waals surface area contributed by atoms with Crippen LogP contribution in [0, 0.1) is 104 Å². The summed E-state index contributed by atoms with van der Waals surface area (Å²) in [6, 6.07) is 41.4. The molecule has 0 bridgehead atoms. The number of benzene rings is 5. The van der Waals surface area contributed by atoms with Gasteiger partial charge >= 0.3 is 0 Å². The van der Waals surface area contributed by atoms with Gasteiger partial charge in [0, 0.05) is 109 Å². The van der Waals surface area contributed by atoms with E-state index < -0.39 is 46.0 Å². The van der Waals surface area contributed by atoms with E-state index in [0.717, 1.165) is 56.0 Å². The van der Waals surface area contributed by atoms with Crippen molar-refractivity contribution in [3.8, 4) is 56.3 Å². The molecule has 10 rings (SSSR count). The first-order chi connectivity index (χ1) is 49.9. The lowest BCUT2D eigenvalue weighted by Crippen LogP contribution is -2.32. The fourth-order valence-corrected chi connectivity index (χ4v) is 11.9. The van der Waals surface area contributed by atoms with E-state index >= 15 is 0 Å². The van der Waals surface area contributed by atoms with Crippen LogP contribution in [0.3, 0.4) is 0 Å². The molecular formula is C87H114N5+5. The number of pyridine rings is 5. The third kappa shape index (κ3) is 18.5. The summed E-state index contributed by atoms with van der Waals surface area (Å²) in [5.74, 6) is -1.19. The molecule has 0 aliphatic heterocycles. The number of rotatable bonds is 9. The highest BCUT2D eigenvalue weighted by Crippen LogP contribution is 2.31. The minimum absolute atomic E-state index is 0.303. The van der Waals surface area contributed by atoms with E-state index in [4.69, 9.17) is 23.3 Å². The highest BCUT2D eigenvalue weighted by Gasteiger charge is 2.21. The Labute approximate surface area is 582 Å². The molecule has 10 aromatic rings. The Kier molecular flexibility index (Phi) is 17.8. The maximum absolute atomic E-state index is 8.23. The zero-order valence-electron chi connectivity index (χ0n) is 76.4. The third-order valence-corrected chi connectivity index (χ3v) is 17.2. The molecule has 1 atom stereocenters. The first-order valence-electron chi connectivity index (χ1n) is 40.4. The molecule has 5 heteroatoms. The quantitative estimate of drug-likeness (QED) is 0.128. The van der Waals surface area contributed by atoms with Gasteiger partial charge in [0.15, 0.2) is 31.0 Å². The van der Waals surface area contributed by atoms with Crippen molar-refractivity contribution in [2.24, 2.45) is 35.2 Å². The Morgan fingerprint density at radius 1 is 0.272 bits per heavy atom. The predicted octanol–water partition coefficient (Wildman–Crippen LogP) is 20.0. The van der Waals surface area contributed by atoms with Crippen LogP contribution in [0.1, 0.15) is 208 Å². The molecule has 0 aliphatic carbocycles. The largest absolute Gasteiger partial charge is 0.212 e. The predicted molar refractivity (Wildman–Crippen MR) is 393 cm³/mol. The van der Waals surface area contributed by atoms with Crippen molar-refractivity contribution in [2.45, 2.75) is 183 Å². The summed E-state index contributed by atoms with van der Waals surface area (Å²) < 4.78 is 140. The molecule has 0 fully saturated rings. The van der Waals surface area contributed by atoms with Gasteiger partial charge in [0.1, 0.15) is 35.2 Å². The molecule has 1 unspecified atom stereocenters. The van der Waals surface area contributed by atoms with Crippen LogP contribution in [0.4, 0.5) is 0 Å². The first kappa shape index (κ1) is 51.4. The normalized spacial score (nSPS) is 15.2. The van der Waals surface area contributed by atoms with Crippen molar-refractivity contribution in [1.29, 1.82) is 0 Å². The number of hydrogen-bond donors (Lipinski definition) is 0. The third-order valence-electron chi connectivity index (χ3n) is 17.2. The van der Waals surface area contributed by atoms with E-state index in [1.807, 2.05) is 82.6 Å². The molecule has 0 spiro atoms. The molecular weight excluding hydrogens is 1110 g/mol. The van der Waals surface area contributed by atoms with Gasteiger partial charge in [-0.15, -0.1) is 0 Å². The molecule has 0 N–H and O–H groups in total. The summed E-state index contributed by atoms with van der Waals surface area (Å²) in [6.07, 6.45) is 9.40. The van der Waals surface area contributed by atoms with Crippen molar-refractivity contribution in [2.75, 3.05) is 0 Å². The van der Waals surface area contributed by atoms with Gasteiger partial charge < -0.3 is 0 Å². The van der Waals surface area contributed by atoms with Gasteiger partial charge in [-0.2, -0.15) is 0 Å². The molecule has 482 valence electrons. The summed E-state index contributed by atoms with van der Waals surface area (Å²) >= 11 is 0. The lowest BCUT2D eigenvalue weighted by molar-refractivity contribution is -0.661. The molecule has 5 heterocycles.